The highest BCUT2D eigenvalue weighted by molar-refractivity contribution is 6.31. The van der Waals surface area contributed by atoms with Crippen LogP contribution in [0, 0.1) is 5.82 Å². The minimum atomic E-state index is -1.65. The topological polar surface area (TPSA) is 113 Å². The van der Waals surface area contributed by atoms with Gasteiger partial charge in [-0.05, 0) is 32.0 Å². The molecule has 1 aromatic heterocycles. The second-order valence-corrected chi connectivity index (χ2v) is 8.02. The van der Waals surface area contributed by atoms with Gasteiger partial charge in [-0.25, -0.2) is 13.6 Å². The van der Waals surface area contributed by atoms with E-state index in [0.29, 0.717) is 11.3 Å². The third-order valence-corrected chi connectivity index (χ3v) is 5.20. The van der Waals surface area contributed by atoms with Gasteiger partial charge in [0.1, 0.15) is 17.7 Å². The normalized spacial score (nSPS) is 14.9. The van der Waals surface area contributed by atoms with Gasteiger partial charge < -0.3 is 21.1 Å². The van der Waals surface area contributed by atoms with E-state index in [9.17, 15) is 23.5 Å². The molecule has 30 heavy (non-hydrogen) atoms. The molecular formula is C19H22ClF2N5O3. The number of benzene rings is 1. The zero-order chi connectivity index (χ0) is 22.2. The van der Waals surface area contributed by atoms with Gasteiger partial charge in [-0.3, -0.25) is 9.48 Å². The van der Waals surface area contributed by atoms with E-state index in [1.807, 2.05) is 0 Å². The number of halogens is 3. The lowest BCUT2D eigenvalue weighted by Crippen LogP contribution is -2.48. The molecular weight excluding hydrogens is 420 g/mol. The molecule has 4 N–H and O–H groups in total. The molecule has 3 rings (SSSR count). The number of hydrogen-bond acceptors (Lipinski definition) is 4. The Hall–Kier alpha value is -2.72. The van der Waals surface area contributed by atoms with E-state index < -0.39 is 29.5 Å². The predicted molar refractivity (Wildman–Crippen MR) is 106 cm³/mol. The first kappa shape index (κ1) is 22.0. The number of nitrogens with two attached hydrogens (primary N) is 1. The van der Waals surface area contributed by atoms with Gasteiger partial charge in [0.25, 0.3) is 5.91 Å². The first-order valence-electron chi connectivity index (χ1n) is 9.23. The number of carbonyl (C=O) groups excluding carboxylic acids is 2. The number of nitrogens with one attached hydrogen (secondary N) is 1. The van der Waals surface area contributed by atoms with Gasteiger partial charge in [0.15, 0.2) is 0 Å². The summed E-state index contributed by atoms with van der Waals surface area (Å²) in [6.07, 6.45) is -1.65. The molecule has 11 heteroatoms. The molecule has 2 heterocycles. The summed E-state index contributed by atoms with van der Waals surface area (Å²) in [7, 11) is 0. The number of amides is 3. The number of hydrogen-bond donors (Lipinski definition) is 3. The van der Waals surface area contributed by atoms with Crippen molar-refractivity contribution in [2.45, 2.75) is 38.7 Å². The highest BCUT2D eigenvalue weighted by Crippen LogP contribution is 2.30. The molecule has 162 valence electrons. The number of aromatic nitrogens is 2. The Bertz CT molecular complexity index is 989. The number of nitrogens with zero attached hydrogens (tertiary/aromatic N) is 3. The van der Waals surface area contributed by atoms with Crippen molar-refractivity contribution >= 4 is 23.5 Å². The monoisotopic (exact) mass is 441 g/mol. The molecule has 0 saturated carbocycles. The fourth-order valence-electron chi connectivity index (χ4n) is 3.13. The van der Waals surface area contributed by atoms with Crippen molar-refractivity contribution in [2.24, 2.45) is 5.73 Å². The van der Waals surface area contributed by atoms with Gasteiger partial charge in [0.2, 0.25) is 0 Å². The summed E-state index contributed by atoms with van der Waals surface area (Å²) in [6, 6.07) is 3.40. The predicted octanol–water partition coefficient (Wildman–Crippen LogP) is 2.08. The summed E-state index contributed by atoms with van der Waals surface area (Å²) in [5.74, 6) is -1.36. The molecule has 1 atom stereocenters. The SMILES string of the molecule is CC(C)(O)[C@H](F)CNC(=O)N1CCn2nc(-c3ccc(F)c(Cl)c3)c(C(N)=O)c2C1. The van der Waals surface area contributed by atoms with Crippen LogP contribution in [0.15, 0.2) is 18.2 Å². The second kappa shape index (κ2) is 8.19. The summed E-state index contributed by atoms with van der Waals surface area (Å²) in [5.41, 5.74) is 5.16. The first-order chi connectivity index (χ1) is 14.0. The average Bonchev–Trinajstić information content (AvgIpc) is 3.06. The molecule has 1 aromatic carbocycles. The molecule has 3 amide bonds. The quantitative estimate of drug-likeness (QED) is 0.659. The van der Waals surface area contributed by atoms with Crippen LogP contribution in [0.1, 0.15) is 29.9 Å². The molecule has 0 unspecified atom stereocenters. The van der Waals surface area contributed by atoms with Gasteiger partial charge in [0, 0.05) is 12.1 Å². The molecule has 0 bridgehead atoms. The minimum Gasteiger partial charge on any atom is -0.387 e. The average molecular weight is 442 g/mol. The summed E-state index contributed by atoms with van der Waals surface area (Å²) < 4.78 is 29.0. The van der Waals surface area contributed by atoms with Crippen molar-refractivity contribution in [1.29, 1.82) is 0 Å². The van der Waals surface area contributed by atoms with E-state index in [4.69, 9.17) is 17.3 Å². The number of fused-ring (bicyclic) bond motifs is 1. The fraction of sp³-hybridized carbons (Fsp3) is 0.421. The Morgan fingerprint density at radius 3 is 2.70 bits per heavy atom. The van der Waals surface area contributed by atoms with Gasteiger partial charge in [0.05, 0.1) is 41.5 Å². The zero-order valence-corrected chi connectivity index (χ0v) is 17.2. The third-order valence-electron chi connectivity index (χ3n) is 4.91. The van der Waals surface area contributed by atoms with Crippen molar-refractivity contribution < 1.29 is 23.5 Å². The smallest absolute Gasteiger partial charge is 0.317 e. The molecule has 0 saturated heterocycles. The number of urea groups is 1. The lowest BCUT2D eigenvalue weighted by Gasteiger charge is -2.29. The van der Waals surface area contributed by atoms with E-state index in [1.165, 1.54) is 30.9 Å². The number of aliphatic hydroxyl groups is 1. The summed E-state index contributed by atoms with van der Waals surface area (Å²) in [5, 5.41) is 16.4. The standard InChI is InChI=1S/C19H22ClF2N5O3/c1-19(2,30)14(22)8-24-18(29)26-5-6-27-13(9-26)15(17(23)28)16(25-27)10-3-4-12(21)11(20)7-10/h3-4,7,14,30H,5-6,8-9H2,1-2H3,(H2,23,28)(H,24,29)/t14-/m1/s1. The van der Waals surface area contributed by atoms with Gasteiger partial charge in [-0.1, -0.05) is 11.6 Å². The Kier molecular flexibility index (Phi) is 6.00. The fourth-order valence-corrected chi connectivity index (χ4v) is 3.31. The number of rotatable bonds is 5. The molecule has 0 spiro atoms. The lowest BCUT2D eigenvalue weighted by molar-refractivity contribution is -0.00160. The Morgan fingerprint density at radius 2 is 2.10 bits per heavy atom. The van der Waals surface area contributed by atoms with Gasteiger partial charge in [-0.15, -0.1) is 0 Å². The highest BCUT2D eigenvalue weighted by Gasteiger charge is 2.31. The summed E-state index contributed by atoms with van der Waals surface area (Å²) in [6.45, 7) is 2.83. The van der Waals surface area contributed by atoms with Crippen molar-refractivity contribution in [3.63, 3.8) is 0 Å². The summed E-state index contributed by atoms with van der Waals surface area (Å²) >= 11 is 5.84. The van der Waals surface area contributed by atoms with Gasteiger partial charge in [-0.2, -0.15) is 5.10 Å². The van der Waals surface area contributed by atoms with E-state index in [0.717, 1.165) is 6.07 Å². The van der Waals surface area contributed by atoms with Crippen LogP contribution in [0.3, 0.4) is 0 Å². The maximum absolute atomic E-state index is 13.9. The van der Waals surface area contributed by atoms with Crippen LogP contribution >= 0.6 is 11.6 Å². The largest absolute Gasteiger partial charge is 0.387 e. The Labute approximate surface area is 176 Å². The third kappa shape index (κ3) is 4.39. The lowest BCUT2D eigenvalue weighted by atomic mass is 10.0. The molecule has 0 fully saturated rings. The molecule has 0 radical (unpaired) electrons. The highest BCUT2D eigenvalue weighted by atomic mass is 35.5. The minimum absolute atomic E-state index is 0.0193. The molecule has 8 nitrogen and oxygen atoms in total. The van der Waals surface area contributed by atoms with Crippen molar-refractivity contribution in [3.8, 4) is 11.3 Å². The van der Waals surface area contributed by atoms with Crippen LogP contribution in [0.5, 0.6) is 0 Å². The Morgan fingerprint density at radius 1 is 1.40 bits per heavy atom. The Balaban J connectivity index is 1.84. The van der Waals surface area contributed by atoms with Crippen LogP contribution in [0.4, 0.5) is 13.6 Å². The molecule has 2 aromatic rings. The molecule has 0 aliphatic carbocycles. The summed E-state index contributed by atoms with van der Waals surface area (Å²) in [4.78, 5) is 26.0. The van der Waals surface area contributed by atoms with Crippen molar-refractivity contribution in [3.05, 3.63) is 40.3 Å². The van der Waals surface area contributed by atoms with Crippen LogP contribution < -0.4 is 11.1 Å². The van der Waals surface area contributed by atoms with E-state index >= 15 is 0 Å². The zero-order valence-electron chi connectivity index (χ0n) is 16.5. The van der Waals surface area contributed by atoms with E-state index in [1.54, 1.807) is 4.68 Å². The number of primary amides is 1. The van der Waals surface area contributed by atoms with Crippen LogP contribution in [-0.4, -0.2) is 56.6 Å². The second-order valence-electron chi connectivity index (χ2n) is 7.62. The van der Waals surface area contributed by atoms with Gasteiger partial charge >= 0.3 is 6.03 Å². The van der Waals surface area contributed by atoms with Crippen LogP contribution in [0.25, 0.3) is 11.3 Å². The van der Waals surface area contributed by atoms with Crippen LogP contribution in [0.2, 0.25) is 5.02 Å². The van der Waals surface area contributed by atoms with E-state index in [-0.39, 0.29) is 42.5 Å². The maximum Gasteiger partial charge on any atom is 0.317 e. The molecule has 1 aliphatic rings. The molecule has 1 aliphatic heterocycles. The number of alkyl halides is 1. The van der Waals surface area contributed by atoms with Crippen molar-refractivity contribution in [1.82, 2.24) is 20.0 Å². The number of carbonyl (C=O) groups is 2. The maximum atomic E-state index is 13.9. The van der Waals surface area contributed by atoms with Crippen LogP contribution in [-0.2, 0) is 13.1 Å². The van der Waals surface area contributed by atoms with E-state index in [2.05, 4.69) is 10.4 Å². The first-order valence-corrected chi connectivity index (χ1v) is 9.61. The van der Waals surface area contributed by atoms with Crippen molar-refractivity contribution in [2.75, 3.05) is 13.1 Å².